The predicted octanol–water partition coefficient (Wildman–Crippen LogP) is 2.63. The van der Waals surface area contributed by atoms with Crippen molar-refractivity contribution >= 4 is 5.91 Å². The molecule has 148 valence electrons. The van der Waals surface area contributed by atoms with Crippen molar-refractivity contribution in [3.63, 3.8) is 0 Å². The van der Waals surface area contributed by atoms with Gasteiger partial charge >= 0.3 is 0 Å². The van der Waals surface area contributed by atoms with Crippen molar-refractivity contribution in [2.45, 2.75) is 51.6 Å². The maximum Gasteiger partial charge on any atom is 0.257 e. The van der Waals surface area contributed by atoms with Gasteiger partial charge in [0.05, 0.1) is 17.3 Å². The van der Waals surface area contributed by atoms with Crippen LogP contribution in [-0.4, -0.2) is 44.1 Å². The lowest BCUT2D eigenvalue weighted by Gasteiger charge is -2.29. The van der Waals surface area contributed by atoms with Crippen molar-refractivity contribution in [3.05, 3.63) is 46.5 Å². The molecule has 1 unspecified atom stereocenters. The molecule has 2 aliphatic rings. The van der Waals surface area contributed by atoms with E-state index in [9.17, 15) is 15.0 Å². The van der Waals surface area contributed by atoms with Crippen LogP contribution in [0, 0.1) is 0 Å². The fraction of sp³-hybridized carbons (Fsp3) is 0.476. The summed E-state index contributed by atoms with van der Waals surface area (Å²) in [6.07, 6.45) is 4.69. The minimum Gasteiger partial charge on any atom is -0.508 e. The maximum absolute atomic E-state index is 13.0. The Bertz CT molecular complexity index is 907. The molecule has 1 aromatic heterocycles. The molecule has 0 spiro atoms. The average Bonchev–Trinajstić information content (AvgIpc) is 3.21. The zero-order valence-corrected chi connectivity index (χ0v) is 16.3. The average molecular weight is 382 g/mol. The van der Waals surface area contributed by atoms with Gasteiger partial charge in [-0.2, -0.15) is 0 Å². The summed E-state index contributed by atoms with van der Waals surface area (Å²) in [5.74, 6) is 0.455. The van der Waals surface area contributed by atoms with Crippen LogP contribution >= 0.6 is 0 Å². The van der Waals surface area contributed by atoms with Crippen LogP contribution in [-0.2, 0) is 13.0 Å². The second-order valence-electron chi connectivity index (χ2n) is 7.91. The highest BCUT2D eigenvalue weighted by atomic mass is 16.3. The Morgan fingerprint density at radius 3 is 2.82 bits per heavy atom. The van der Waals surface area contributed by atoms with Gasteiger partial charge < -0.3 is 20.4 Å². The number of carbonyl (C=O) groups is 1. The smallest absolute Gasteiger partial charge is 0.257 e. The van der Waals surface area contributed by atoms with Gasteiger partial charge in [0.15, 0.2) is 0 Å². The first-order valence-corrected chi connectivity index (χ1v) is 9.87. The van der Waals surface area contributed by atoms with Gasteiger partial charge in [-0.05, 0) is 36.9 Å². The minimum absolute atomic E-state index is 0.00879. The lowest BCUT2D eigenvalue weighted by Crippen LogP contribution is -2.37. The van der Waals surface area contributed by atoms with E-state index in [0.717, 1.165) is 36.5 Å². The molecule has 4 rings (SSSR count). The van der Waals surface area contributed by atoms with E-state index in [-0.39, 0.29) is 34.9 Å². The molecule has 1 fully saturated rings. The third-order valence-corrected chi connectivity index (χ3v) is 5.61. The first-order chi connectivity index (χ1) is 13.4. The van der Waals surface area contributed by atoms with Crippen molar-refractivity contribution in [2.75, 3.05) is 13.1 Å². The molecule has 0 saturated carbocycles. The van der Waals surface area contributed by atoms with Crippen molar-refractivity contribution in [2.24, 2.45) is 0 Å². The predicted molar refractivity (Wildman–Crippen MR) is 104 cm³/mol. The Balaban J connectivity index is 1.56. The number of nitrogens with one attached hydrogen (secondary N) is 1. The number of phenolic OH excluding ortho intramolecular Hbond substituents is 2. The fourth-order valence-corrected chi connectivity index (χ4v) is 3.98. The molecular formula is C21H26N4O3. The van der Waals surface area contributed by atoms with Gasteiger partial charge in [-0.15, -0.1) is 0 Å². The zero-order chi connectivity index (χ0) is 19.8. The van der Waals surface area contributed by atoms with Crippen LogP contribution in [0.2, 0.25) is 0 Å². The van der Waals surface area contributed by atoms with Crippen molar-refractivity contribution in [1.82, 2.24) is 20.2 Å². The first-order valence-electron chi connectivity index (χ1n) is 9.87. The van der Waals surface area contributed by atoms with Gasteiger partial charge in [-0.1, -0.05) is 13.8 Å². The molecule has 1 amide bonds. The molecule has 3 heterocycles. The van der Waals surface area contributed by atoms with Crippen LogP contribution in [0.1, 0.15) is 71.7 Å². The molecule has 2 aliphatic heterocycles. The number of fused-ring (bicyclic) bond motifs is 1. The Kier molecular flexibility index (Phi) is 4.93. The summed E-state index contributed by atoms with van der Waals surface area (Å²) >= 11 is 0. The molecule has 0 bridgehead atoms. The minimum atomic E-state index is -0.244. The molecular weight excluding hydrogens is 356 g/mol. The van der Waals surface area contributed by atoms with E-state index in [2.05, 4.69) is 10.3 Å². The molecule has 0 radical (unpaired) electrons. The molecule has 7 heteroatoms. The summed E-state index contributed by atoms with van der Waals surface area (Å²) < 4.78 is 0. The topological polar surface area (TPSA) is 98.6 Å². The summed E-state index contributed by atoms with van der Waals surface area (Å²) in [5, 5.41) is 23.6. The number of amides is 1. The second kappa shape index (κ2) is 7.39. The monoisotopic (exact) mass is 382 g/mol. The van der Waals surface area contributed by atoms with Gasteiger partial charge in [0.1, 0.15) is 17.3 Å². The Morgan fingerprint density at radius 1 is 1.29 bits per heavy atom. The molecule has 28 heavy (non-hydrogen) atoms. The number of nitrogens with zero attached hydrogens (tertiary/aromatic N) is 3. The number of phenols is 2. The summed E-state index contributed by atoms with van der Waals surface area (Å²) in [6.45, 7) is 5.83. The standard InChI is InChI=1S/C21H26N4O3/c1-12(2)14-8-15(19(27)9-18(14)26)21(28)25-7-5-16-13(11-25)10-23-20(24-16)17-4-3-6-22-17/h8-10,12,17,22,26-27H,3-7,11H2,1-2H3. The summed E-state index contributed by atoms with van der Waals surface area (Å²) in [6, 6.07) is 3.08. The maximum atomic E-state index is 13.0. The van der Waals surface area contributed by atoms with Gasteiger partial charge in [-0.25, -0.2) is 9.97 Å². The molecule has 1 aromatic carbocycles. The van der Waals surface area contributed by atoms with Crippen LogP contribution in [0.15, 0.2) is 18.3 Å². The molecule has 3 N–H and O–H groups in total. The number of hydrogen-bond donors (Lipinski definition) is 3. The van der Waals surface area contributed by atoms with E-state index < -0.39 is 0 Å². The lowest BCUT2D eigenvalue weighted by atomic mass is 9.97. The van der Waals surface area contributed by atoms with Crippen LogP contribution in [0.25, 0.3) is 0 Å². The lowest BCUT2D eigenvalue weighted by molar-refractivity contribution is 0.0730. The number of benzene rings is 1. The highest BCUT2D eigenvalue weighted by molar-refractivity contribution is 5.97. The van der Waals surface area contributed by atoms with Gasteiger partial charge in [0.2, 0.25) is 0 Å². The van der Waals surface area contributed by atoms with Gasteiger partial charge in [0, 0.05) is 37.3 Å². The number of hydrogen-bond acceptors (Lipinski definition) is 6. The highest BCUT2D eigenvalue weighted by Gasteiger charge is 2.27. The fourth-order valence-electron chi connectivity index (χ4n) is 3.98. The van der Waals surface area contributed by atoms with Crippen molar-refractivity contribution in [3.8, 4) is 11.5 Å². The SMILES string of the molecule is CC(C)c1cc(C(=O)N2CCc3nc(C4CCCN4)ncc3C2)c(O)cc1O. The molecule has 7 nitrogen and oxygen atoms in total. The Morgan fingerprint density at radius 2 is 2.11 bits per heavy atom. The number of rotatable bonds is 3. The van der Waals surface area contributed by atoms with E-state index in [1.54, 1.807) is 11.0 Å². The van der Waals surface area contributed by atoms with E-state index in [1.165, 1.54) is 6.07 Å². The van der Waals surface area contributed by atoms with Crippen LogP contribution < -0.4 is 5.32 Å². The normalized spacial score (nSPS) is 19.1. The number of aromatic nitrogens is 2. The summed E-state index contributed by atoms with van der Waals surface area (Å²) in [4.78, 5) is 24.0. The molecule has 0 aliphatic carbocycles. The molecule has 2 aromatic rings. The molecule has 1 atom stereocenters. The molecule has 1 saturated heterocycles. The van der Waals surface area contributed by atoms with E-state index >= 15 is 0 Å². The van der Waals surface area contributed by atoms with E-state index in [4.69, 9.17) is 4.98 Å². The number of carbonyl (C=O) groups excluding carboxylic acids is 1. The number of aromatic hydroxyl groups is 2. The van der Waals surface area contributed by atoms with Crippen molar-refractivity contribution < 1.29 is 15.0 Å². The highest BCUT2D eigenvalue weighted by Crippen LogP contribution is 2.33. The Labute approximate surface area is 164 Å². The van der Waals surface area contributed by atoms with Gasteiger partial charge in [-0.3, -0.25) is 4.79 Å². The largest absolute Gasteiger partial charge is 0.508 e. The quantitative estimate of drug-likeness (QED) is 0.755. The van der Waals surface area contributed by atoms with Crippen LogP contribution in [0.3, 0.4) is 0 Å². The zero-order valence-electron chi connectivity index (χ0n) is 16.3. The third kappa shape index (κ3) is 3.42. The van der Waals surface area contributed by atoms with Crippen LogP contribution in [0.5, 0.6) is 11.5 Å². The summed E-state index contributed by atoms with van der Waals surface area (Å²) in [7, 11) is 0. The van der Waals surface area contributed by atoms with Gasteiger partial charge in [0.25, 0.3) is 5.91 Å². The second-order valence-corrected chi connectivity index (χ2v) is 7.91. The van der Waals surface area contributed by atoms with Crippen LogP contribution in [0.4, 0.5) is 0 Å². The first kappa shape index (κ1) is 18.7. The van der Waals surface area contributed by atoms with E-state index in [0.29, 0.717) is 25.1 Å². The van der Waals surface area contributed by atoms with Crippen molar-refractivity contribution in [1.29, 1.82) is 0 Å². The summed E-state index contributed by atoms with van der Waals surface area (Å²) in [5.41, 5.74) is 2.82. The van der Waals surface area contributed by atoms with E-state index in [1.807, 2.05) is 20.0 Å². The third-order valence-electron chi connectivity index (χ3n) is 5.61. The Hall–Kier alpha value is -2.67.